The van der Waals surface area contributed by atoms with Crippen molar-refractivity contribution in [1.29, 1.82) is 0 Å². The number of rotatable bonds is 3. The summed E-state index contributed by atoms with van der Waals surface area (Å²) < 4.78 is 1.63. The molecule has 0 spiro atoms. The molecule has 3 aromatic rings. The van der Waals surface area contributed by atoms with E-state index in [4.69, 9.17) is 0 Å². The van der Waals surface area contributed by atoms with Gasteiger partial charge in [-0.3, -0.25) is 0 Å². The number of hydrogen-bond donors (Lipinski definition) is 1. The molecule has 1 N–H and O–H groups in total. The molecule has 0 aliphatic rings. The van der Waals surface area contributed by atoms with Crippen molar-refractivity contribution < 1.29 is 5.11 Å². The lowest BCUT2D eigenvalue weighted by molar-refractivity contribution is 0.428. The molecule has 0 saturated heterocycles. The molecule has 0 fully saturated rings. The van der Waals surface area contributed by atoms with Gasteiger partial charge in [-0.15, -0.1) is 0 Å². The van der Waals surface area contributed by atoms with E-state index in [-0.39, 0.29) is 5.88 Å². The Bertz CT molecular complexity index is 818. The van der Waals surface area contributed by atoms with E-state index < -0.39 is 0 Å². The molecular weight excluding hydrogens is 272 g/mol. The monoisotopic (exact) mass is 292 g/mol. The highest BCUT2D eigenvalue weighted by atomic mass is 16.3. The Morgan fingerprint density at radius 3 is 2.32 bits per heavy atom. The molecule has 0 radical (unpaired) electrons. The SMILES string of the molecule is CCc1c(-c2cccc(C)c2)nn(-c2cccc(C)c2)c1O. The highest BCUT2D eigenvalue weighted by Gasteiger charge is 2.18. The molecular formula is C19H20N2O. The van der Waals surface area contributed by atoms with Gasteiger partial charge < -0.3 is 5.11 Å². The maximum atomic E-state index is 10.6. The molecule has 1 heterocycles. The summed E-state index contributed by atoms with van der Waals surface area (Å²) in [4.78, 5) is 0. The second-order valence-electron chi connectivity index (χ2n) is 5.62. The molecule has 2 aromatic carbocycles. The van der Waals surface area contributed by atoms with Crippen molar-refractivity contribution in [3.8, 4) is 22.8 Å². The van der Waals surface area contributed by atoms with E-state index in [0.29, 0.717) is 0 Å². The summed E-state index contributed by atoms with van der Waals surface area (Å²) >= 11 is 0. The van der Waals surface area contributed by atoms with Crippen LogP contribution in [0.15, 0.2) is 48.5 Å². The maximum Gasteiger partial charge on any atom is 0.218 e. The Balaban J connectivity index is 2.19. The minimum absolute atomic E-state index is 0.226. The number of nitrogens with zero attached hydrogens (tertiary/aromatic N) is 2. The van der Waals surface area contributed by atoms with Crippen LogP contribution in [0, 0.1) is 13.8 Å². The van der Waals surface area contributed by atoms with Crippen LogP contribution < -0.4 is 0 Å². The summed E-state index contributed by atoms with van der Waals surface area (Å²) in [6, 6.07) is 16.2. The van der Waals surface area contributed by atoms with Gasteiger partial charge in [-0.1, -0.05) is 42.8 Å². The molecule has 0 aliphatic carbocycles. The zero-order chi connectivity index (χ0) is 15.7. The smallest absolute Gasteiger partial charge is 0.218 e. The number of benzene rings is 2. The normalized spacial score (nSPS) is 10.9. The van der Waals surface area contributed by atoms with Gasteiger partial charge in [-0.2, -0.15) is 5.10 Å². The first kappa shape index (κ1) is 14.4. The number of hydrogen-bond acceptors (Lipinski definition) is 2. The Labute approximate surface area is 130 Å². The second kappa shape index (κ2) is 5.68. The molecule has 1 aromatic heterocycles. The summed E-state index contributed by atoms with van der Waals surface area (Å²) in [7, 11) is 0. The van der Waals surface area contributed by atoms with E-state index >= 15 is 0 Å². The predicted molar refractivity (Wildman–Crippen MR) is 89.5 cm³/mol. The van der Waals surface area contributed by atoms with Crippen molar-refractivity contribution >= 4 is 0 Å². The van der Waals surface area contributed by atoms with Crippen LogP contribution in [0.1, 0.15) is 23.6 Å². The van der Waals surface area contributed by atoms with Crippen molar-refractivity contribution in [2.75, 3.05) is 0 Å². The van der Waals surface area contributed by atoms with Crippen LogP contribution in [-0.4, -0.2) is 14.9 Å². The van der Waals surface area contributed by atoms with Crippen LogP contribution in [0.4, 0.5) is 0 Å². The van der Waals surface area contributed by atoms with Crippen molar-refractivity contribution in [2.45, 2.75) is 27.2 Å². The van der Waals surface area contributed by atoms with Crippen LogP contribution in [0.3, 0.4) is 0 Å². The van der Waals surface area contributed by atoms with E-state index in [1.54, 1.807) is 4.68 Å². The van der Waals surface area contributed by atoms with Gasteiger partial charge in [0.1, 0.15) is 0 Å². The number of aromatic hydroxyl groups is 1. The zero-order valence-electron chi connectivity index (χ0n) is 13.2. The number of aryl methyl sites for hydroxylation is 2. The molecule has 112 valence electrons. The molecule has 3 rings (SSSR count). The van der Waals surface area contributed by atoms with Gasteiger partial charge in [-0.05, 0) is 44.0 Å². The first-order valence-corrected chi connectivity index (χ1v) is 7.55. The average molecular weight is 292 g/mol. The highest BCUT2D eigenvalue weighted by Crippen LogP contribution is 2.32. The van der Waals surface area contributed by atoms with Crippen LogP contribution in [0.5, 0.6) is 5.88 Å². The quantitative estimate of drug-likeness (QED) is 0.775. The lowest BCUT2D eigenvalue weighted by Crippen LogP contribution is -1.96. The van der Waals surface area contributed by atoms with E-state index in [1.807, 2.05) is 50.2 Å². The molecule has 0 bridgehead atoms. The first-order valence-electron chi connectivity index (χ1n) is 7.55. The molecule has 22 heavy (non-hydrogen) atoms. The van der Waals surface area contributed by atoms with Gasteiger partial charge in [0.25, 0.3) is 0 Å². The lowest BCUT2D eigenvalue weighted by Gasteiger charge is -2.04. The predicted octanol–water partition coefficient (Wildman–Crippen LogP) is 4.42. The van der Waals surface area contributed by atoms with Crippen LogP contribution in [0.25, 0.3) is 16.9 Å². The molecule has 3 heteroatoms. The van der Waals surface area contributed by atoms with E-state index in [9.17, 15) is 5.11 Å². The minimum atomic E-state index is 0.226. The van der Waals surface area contributed by atoms with Crippen molar-refractivity contribution in [3.05, 3.63) is 65.2 Å². The van der Waals surface area contributed by atoms with Gasteiger partial charge in [0.05, 0.1) is 11.4 Å². The summed E-state index contributed by atoms with van der Waals surface area (Å²) in [6.07, 6.45) is 0.737. The Morgan fingerprint density at radius 1 is 1.00 bits per heavy atom. The maximum absolute atomic E-state index is 10.6. The standard InChI is InChI=1S/C19H20N2O/c1-4-17-18(15-9-5-7-13(2)11-15)20-21(19(17)22)16-10-6-8-14(3)12-16/h5-12,22H,4H2,1-3H3. The minimum Gasteiger partial charge on any atom is -0.493 e. The van der Waals surface area contributed by atoms with Crippen molar-refractivity contribution in [1.82, 2.24) is 9.78 Å². The third-order valence-corrected chi connectivity index (χ3v) is 3.85. The lowest BCUT2D eigenvalue weighted by atomic mass is 10.0. The fourth-order valence-electron chi connectivity index (χ4n) is 2.73. The average Bonchev–Trinajstić information content (AvgIpc) is 2.84. The van der Waals surface area contributed by atoms with Gasteiger partial charge in [0, 0.05) is 11.1 Å². The second-order valence-corrected chi connectivity index (χ2v) is 5.62. The Hall–Kier alpha value is -2.55. The highest BCUT2D eigenvalue weighted by molar-refractivity contribution is 5.67. The van der Waals surface area contributed by atoms with Crippen LogP contribution >= 0.6 is 0 Å². The van der Waals surface area contributed by atoms with Gasteiger partial charge in [0.2, 0.25) is 5.88 Å². The molecule has 3 nitrogen and oxygen atoms in total. The molecule has 0 atom stereocenters. The van der Waals surface area contributed by atoms with Crippen molar-refractivity contribution in [3.63, 3.8) is 0 Å². The van der Waals surface area contributed by atoms with Crippen LogP contribution in [-0.2, 0) is 6.42 Å². The number of aromatic nitrogens is 2. The summed E-state index contributed by atoms with van der Waals surface area (Å²) in [5.74, 6) is 0.226. The zero-order valence-corrected chi connectivity index (χ0v) is 13.2. The largest absolute Gasteiger partial charge is 0.493 e. The molecule has 0 saturated carbocycles. The first-order chi connectivity index (χ1) is 10.6. The van der Waals surface area contributed by atoms with E-state index in [0.717, 1.165) is 34.5 Å². The molecule has 0 aliphatic heterocycles. The van der Waals surface area contributed by atoms with E-state index in [1.165, 1.54) is 5.56 Å². The topological polar surface area (TPSA) is 38.0 Å². The summed E-state index contributed by atoms with van der Waals surface area (Å²) in [5.41, 5.74) is 5.98. The molecule has 0 amide bonds. The fraction of sp³-hybridized carbons (Fsp3) is 0.211. The Kier molecular flexibility index (Phi) is 3.72. The van der Waals surface area contributed by atoms with Gasteiger partial charge in [-0.25, -0.2) is 4.68 Å². The third-order valence-electron chi connectivity index (χ3n) is 3.85. The molecule has 0 unspecified atom stereocenters. The van der Waals surface area contributed by atoms with Crippen LogP contribution in [0.2, 0.25) is 0 Å². The third kappa shape index (κ3) is 2.50. The van der Waals surface area contributed by atoms with Gasteiger partial charge >= 0.3 is 0 Å². The van der Waals surface area contributed by atoms with E-state index in [2.05, 4.69) is 24.2 Å². The Morgan fingerprint density at radius 2 is 1.68 bits per heavy atom. The van der Waals surface area contributed by atoms with Crippen molar-refractivity contribution in [2.24, 2.45) is 0 Å². The summed E-state index contributed by atoms with van der Waals surface area (Å²) in [6.45, 7) is 6.13. The fourth-order valence-corrected chi connectivity index (χ4v) is 2.73. The summed E-state index contributed by atoms with van der Waals surface area (Å²) in [5, 5.41) is 15.3. The van der Waals surface area contributed by atoms with Gasteiger partial charge in [0.15, 0.2) is 0 Å².